The molecule has 78 valence electrons. The number of hydrogen-bond acceptors (Lipinski definition) is 2. The highest BCUT2D eigenvalue weighted by Crippen LogP contribution is 2.37. The predicted molar refractivity (Wildman–Crippen MR) is 49.6 cm³/mol. The standard InChI is InChI=1S/C10H15NO3/c12-8-5-7(6-3-1-2-4-6)9(11-8)10(13)14/h6-7,9H,1-5H2,(H,11,12)(H,13,14). The molecule has 2 unspecified atom stereocenters. The number of nitrogens with one attached hydrogen (secondary N) is 1. The summed E-state index contributed by atoms with van der Waals surface area (Å²) in [6.45, 7) is 0. The van der Waals surface area contributed by atoms with E-state index in [0.29, 0.717) is 12.3 Å². The Morgan fingerprint density at radius 2 is 2.00 bits per heavy atom. The first-order chi connectivity index (χ1) is 6.68. The monoisotopic (exact) mass is 197 g/mol. The first-order valence-corrected chi connectivity index (χ1v) is 5.20. The Morgan fingerprint density at radius 3 is 2.57 bits per heavy atom. The topological polar surface area (TPSA) is 66.4 Å². The van der Waals surface area contributed by atoms with Gasteiger partial charge in [-0.25, -0.2) is 4.79 Å². The van der Waals surface area contributed by atoms with Crippen LogP contribution in [-0.4, -0.2) is 23.0 Å². The third-order valence-corrected chi connectivity index (χ3v) is 3.44. The Labute approximate surface area is 82.7 Å². The molecule has 14 heavy (non-hydrogen) atoms. The van der Waals surface area contributed by atoms with E-state index >= 15 is 0 Å². The average molecular weight is 197 g/mol. The molecule has 0 spiro atoms. The van der Waals surface area contributed by atoms with Crippen molar-refractivity contribution in [1.82, 2.24) is 5.32 Å². The van der Waals surface area contributed by atoms with E-state index in [1.807, 2.05) is 0 Å². The van der Waals surface area contributed by atoms with Crippen LogP contribution in [0.1, 0.15) is 32.1 Å². The van der Waals surface area contributed by atoms with Crippen molar-refractivity contribution < 1.29 is 14.7 Å². The molecule has 4 nitrogen and oxygen atoms in total. The number of carboxylic acid groups (broad SMARTS) is 1. The van der Waals surface area contributed by atoms with Crippen molar-refractivity contribution >= 4 is 11.9 Å². The number of hydrogen-bond donors (Lipinski definition) is 2. The van der Waals surface area contributed by atoms with E-state index in [9.17, 15) is 9.59 Å². The highest BCUT2D eigenvalue weighted by molar-refractivity contribution is 5.88. The zero-order valence-electron chi connectivity index (χ0n) is 8.03. The van der Waals surface area contributed by atoms with Gasteiger partial charge in [0.05, 0.1) is 0 Å². The minimum absolute atomic E-state index is 0.0301. The third-order valence-electron chi connectivity index (χ3n) is 3.44. The molecule has 1 amide bonds. The van der Waals surface area contributed by atoms with Crippen LogP contribution < -0.4 is 5.32 Å². The van der Waals surface area contributed by atoms with Gasteiger partial charge in [0.1, 0.15) is 6.04 Å². The molecular weight excluding hydrogens is 182 g/mol. The maximum absolute atomic E-state index is 11.2. The van der Waals surface area contributed by atoms with Gasteiger partial charge in [-0.2, -0.15) is 0 Å². The summed E-state index contributed by atoms with van der Waals surface area (Å²) in [6, 6.07) is -0.634. The predicted octanol–water partition coefficient (Wildman–Crippen LogP) is 0.766. The molecule has 2 fully saturated rings. The SMILES string of the molecule is O=C1CC(C2CCCC2)C(C(=O)O)N1. The number of aliphatic carboxylic acids is 1. The summed E-state index contributed by atoms with van der Waals surface area (Å²) in [5.41, 5.74) is 0. The summed E-state index contributed by atoms with van der Waals surface area (Å²) in [7, 11) is 0. The van der Waals surface area contributed by atoms with E-state index in [1.54, 1.807) is 0 Å². The van der Waals surface area contributed by atoms with Gasteiger partial charge in [-0.3, -0.25) is 4.79 Å². The third kappa shape index (κ3) is 1.61. The van der Waals surface area contributed by atoms with Gasteiger partial charge in [0.2, 0.25) is 5.91 Å². The maximum Gasteiger partial charge on any atom is 0.326 e. The molecule has 1 saturated heterocycles. The van der Waals surface area contributed by atoms with Gasteiger partial charge in [0.15, 0.2) is 0 Å². The summed E-state index contributed by atoms with van der Waals surface area (Å²) in [4.78, 5) is 22.1. The fraction of sp³-hybridized carbons (Fsp3) is 0.800. The van der Waals surface area contributed by atoms with E-state index in [-0.39, 0.29) is 11.8 Å². The Morgan fingerprint density at radius 1 is 1.36 bits per heavy atom. The van der Waals surface area contributed by atoms with E-state index < -0.39 is 12.0 Å². The molecule has 0 aromatic rings. The normalized spacial score (nSPS) is 33.3. The minimum Gasteiger partial charge on any atom is -0.480 e. The molecule has 1 aliphatic carbocycles. The lowest BCUT2D eigenvalue weighted by molar-refractivity contribution is -0.141. The second-order valence-corrected chi connectivity index (χ2v) is 4.30. The highest BCUT2D eigenvalue weighted by atomic mass is 16.4. The number of carbonyl (C=O) groups excluding carboxylic acids is 1. The van der Waals surface area contributed by atoms with Gasteiger partial charge in [-0.15, -0.1) is 0 Å². The number of carboxylic acids is 1. The minimum atomic E-state index is -0.882. The molecule has 2 N–H and O–H groups in total. The molecule has 0 bridgehead atoms. The number of carbonyl (C=O) groups is 2. The summed E-state index contributed by atoms with van der Waals surface area (Å²) >= 11 is 0. The van der Waals surface area contributed by atoms with Crippen molar-refractivity contribution in [2.75, 3.05) is 0 Å². The van der Waals surface area contributed by atoms with Crippen LogP contribution in [0.2, 0.25) is 0 Å². The first-order valence-electron chi connectivity index (χ1n) is 5.20. The fourth-order valence-electron chi connectivity index (χ4n) is 2.74. The first kappa shape index (κ1) is 9.49. The van der Waals surface area contributed by atoms with Crippen molar-refractivity contribution in [1.29, 1.82) is 0 Å². The summed E-state index contributed by atoms with van der Waals surface area (Å²) < 4.78 is 0. The van der Waals surface area contributed by atoms with Gasteiger partial charge in [0, 0.05) is 12.3 Å². The van der Waals surface area contributed by atoms with Crippen molar-refractivity contribution in [3.8, 4) is 0 Å². The van der Waals surface area contributed by atoms with E-state index in [4.69, 9.17) is 5.11 Å². The Bertz CT molecular complexity index is 258. The van der Waals surface area contributed by atoms with Crippen LogP contribution >= 0.6 is 0 Å². The molecule has 0 aromatic heterocycles. The summed E-state index contributed by atoms with van der Waals surface area (Å²) in [6.07, 6.45) is 4.94. The van der Waals surface area contributed by atoms with Crippen LogP contribution in [0.15, 0.2) is 0 Å². The molecule has 2 atom stereocenters. The molecule has 1 saturated carbocycles. The van der Waals surface area contributed by atoms with Crippen LogP contribution in [0.4, 0.5) is 0 Å². The Hall–Kier alpha value is -1.06. The van der Waals surface area contributed by atoms with Gasteiger partial charge >= 0.3 is 5.97 Å². The van der Waals surface area contributed by atoms with Crippen molar-refractivity contribution in [3.63, 3.8) is 0 Å². The van der Waals surface area contributed by atoms with Crippen molar-refractivity contribution in [3.05, 3.63) is 0 Å². The number of rotatable bonds is 2. The van der Waals surface area contributed by atoms with Crippen LogP contribution in [-0.2, 0) is 9.59 Å². The largest absolute Gasteiger partial charge is 0.480 e. The van der Waals surface area contributed by atoms with Gasteiger partial charge in [-0.1, -0.05) is 25.7 Å². The molecule has 1 heterocycles. The maximum atomic E-state index is 11.2. The van der Waals surface area contributed by atoms with Gasteiger partial charge in [-0.05, 0) is 5.92 Å². The van der Waals surface area contributed by atoms with Crippen LogP contribution in [0.25, 0.3) is 0 Å². The van der Waals surface area contributed by atoms with Gasteiger partial charge in [0.25, 0.3) is 0 Å². The van der Waals surface area contributed by atoms with Crippen LogP contribution in [0, 0.1) is 11.8 Å². The lowest BCUT2D eigenvalue weighted by Gasteiger charge is -2.20. The average Bonchev–Trinajstić information content (AvgIpc) is 2.70. The zero-order valence-corrected chi connectivity index (χ0v) is 8.03. The molecule has 4 heteroatoms. The van der Waals surface area contributed by atoms with Gasteiger partial charge < -0.3 is 10.4 Å². The Kier molecular flexibility index (Phi) is 2.44. The fourth-order valence-corrected chi connectivity index (χ4v) is 2.74. The lowest BCUT2D eigenvalue weighted by Crippen LogP contribution is -2.38. The molecule has 0 aromatic carbocycles. The molecule has 0 radical (unpaired) electrons. The Balaban J connectivity index is 2.08. The number of amides is 1. The second-order valence-electron chi connectivity index (χ2n) is 4.30. The summed E-state index contributed by atoms with van der Waals surface area (Å²) in [5, 5.41) is 11.5. The van der Waals surface area contributed by atoms with Crippen molar-refractivity contribution in [2.24, 2.45) is 11.8 Å². The molecule has 2 rings (SSSR count). The second kappa shape index (κ2) is 3.59. The van der Waals surface area contributed by atoms with E-state index in [1.165, 1.54) is 12.8 Å². The smallest absolute Gasteiger partial charge is 0.326 e. The molecule has 1 aliphatic heterocycles. The highest BCUT2D eigenvalue weighted by Gasteiger charge is 2.42. The lowest BCUT2D eigenvalue weighted by atomic mass is 9.85. The van der Waals surface area contributed by atoms with Crippen molar-refractivity contribution in [2.45, 2.75) is 38.1 Å². The quantitative estimate of drug-likeness (QED) is 0.687. The van der Waals surface area contributed by atoms with Crippen LogP contribution in [0.3, 0.4) is 0 Å². The molecule has 2 aliphatic rings. The van der Waals surface area contributed by atoms with E-state index in [2.05, 4.69) is 5.32 Å². The van der Waals surface area contributed by atoms with Crippen LogP contribution in [0.5, 0.6) is 0 Å². The van der Waals surface area contributed by atoms with E-state index in [0.717, 1.165) is 12.8 Å². The summed E-state index contributed by atoms with van der Waals surface area (Å²) in [5.74, 6) is -0.514. The zero-order chi connectivity index (χ0) is 10.1. The molecular formula is C10H15NO3.